The first kappa shape index (κ1) is 23.4. The van der Waals surface area contributed by atoms with Crippen LogP contribution in [0.2, 0.25) is 5.02 Å². The van der Waals surface area contributed by atoms with E-state index in [1.54, 1.807) is 12.1 Å². The van der Waals surface area contributed by atoms with Gasteiger partial charge in [0.25, 0.3) is 0 Å². The molecule has 1 aliphatic heterocycles. The Morgan fingerprint density at radius 1 is 1.19 bits per heavy atom. The Balaban J connectivity index is 1.67. The summed E-state index contributed by atoms with van der Waals surface area (Å²) in [6.45, 7) is 5.97. The number of thiophene rings is 1. The van der Waals surface area contributed by atoms with Crippen LogP contribution in [0.25, 0.3) is 0 Å². The average molecular weight is 462 g/mol. The second-order valence-corrected chi connectivity index (χ2v) is 9.81. The summed E-state index contributed by atoms with van der Waals surface area (Å²) in [6.07, 6.45) is 1.61. The van der Waals surface area contributed by atoms with Crippen molar-refractivity contribution in [1.29, 1.82) is 0 Å². The van der Waals surface area contributed by atoms with E-state index in [9.17, 15) is 14.4 Å². The molecule has 0 saturated heterocycles. The SMILES string of the molecule is CC(C)NC(=O)CCN1CCc2c(sc(CC(=O)Cc3ccc(Cl)cc3)c2C(N)=O)C1. The maximum absolute atomic E-state index is 12.7. The third-order valence-corrected chi connectivity index (χ3v) is 6.70. The van der Waals surface area contributed by atoms with Gasteiger partial charge in [0.15, 0.2) is 0 Å². The molecule has 1 aliphatic rings. The molecule has 8 heteroatoms. The fourth-order valence-electron chi connectivity index (χ4n) is 3.84. The van der Waals surface area contributed by atoms with Gasteiger partial charge >= 0.3 is 0 Å². The van der Waals surface area contributed by atoms with Crippen LogP contribution in [0, 0.1) is 0 Å². The van der Waals surface area contributed by atoms with E-state index in [0.29, 0.717) is 36.5 Å². The predicted octanol–water partition coefficient (Wildman–Crippen LogP) is 3.13. The zero-order valence-corrected chi connectivity index (χ0v) is 19.4. The molecule has 0 bridgehead atoms. The van der Waals surface area contributed by atoms with Crippen LogP contribution in [0.3, 0.4) is 0 Å². The summed E-state index contributed by atoms with van der Waals surface area (Å²) in [5.41, 5.74) is 8.06. The van der Waals surface area contributed by atoms with Gasteiger partial charge in [0.2, 0.25) is 11.8 Å². The van der Waals surface area contributed by atoms with Crippen molar-refractivity contribution in [2.24, 2.45) is 5.73 Å². The number of carbonyl (C=O) groups excluding carboxylic acids is 3. The van der Waals surface area contributed by atoms with Crippen molar-refractivity contribution in [3.8, 4) is 0 Å². The van der Waals surface area contributed by atoms with E-state index in [4.69, 9.17) is 17.3 Å². The van der Waals surface area contributed by atoms with Crippen LogP contribution in [0.5, 0.6) is 0 Å². The van der Waals surface area contributed by atoms with Crippen molar-refractivity contribution < 1.29 is 14.4 Å². The first-order valence-corrected chi connectivity index (χ1v) is 11.6. The number of carbonyl (C=O) groups is 3. The molecule has 2 amide bonds. The molecular weight excluding hydrogens is 434 g/mol. The lowest BCUT2D eigenvalue weighted by molar-refractivity contribution is -0.122. The third-order valence-electron chi connectivity index (χ3n) is 5.23. The molecule has 1 aromatic heterocycles. The number of hydrogen-bond acceptors (Lipinski definition) is 5. The summed E-state index contributed by atoms with van der Waals surface area (Å²) >= 11 is 7.40. The Morgan fingerprint density at radius 2 is 1.90 bits per heavy atom. The Kier molecular flexibility index (Phi) is 7.86. The molecule has 0 aliphatic carbocycles. The number of Topliss-reactive ketones (excluding diaryl/α,β-unsaturated/α-hetero) is 1. The Morgan fingerprint density at radius 3 is 2.55 bits per heavy atom. The lowest BCUT2D eigenvalue weighted by Gasteiger charge is -2.27. The molecule has 31 heavy (non-hydrogen) atoms. The van der Waals surface area contributed by atoms with E-state index in [1.165, 1.54) is 11.3 Å². The van der Waals surface area contributed by atoms with Crippen LogP contribution in [-0.4, -0.2) is 41.6 Å². The first-order chi connectivity index (χ1) is 14.7. The highest BCUT2D eigenvalue weighted by molar-refractivity contribution is 7.12. The maximum Gasteiger partial charge on any atom is 0.250 e. The van der Waals surface area contributed by atoms with Crippen molar-refractivity contribution in [3.05, 3.63) is 55.7 Å². The van der Waals surface area contributed by atoms with Gasteiger partial charge in [-0.1, -0.05) is 23.7 Å². The maximum atomic E-state index is 12.7. The number of benzene rings is 1. The molecule has 0 unspecified atom stereocenters. The fraction of sp³-hybridized carbons (Fsp3) is 0.435. The minimum atomic E-state index is -0.475. The highest BCUT2D eigenvalue weighted by Crippen LogP contribution is 2.33. The molecule has 0 atom stereocenters. The number of hydrogen-bond donors (Lipinski definition) is 2. The number of rotatable bonds is 9. The van der Waals surface area contributed by atoms with E-state index in [-0.39, 0.29) is 30.6 Å². The molecule has 1 aromatic carbocycles. The summed E-state index contributed by atoms with van der Waals surface area (Å²) in [7, 11) is 0. The van der Waals surface area contributed by atoms with E-state index < -0.39 is 5.91 Å². The van der Waals surface area contributed by atoms with Gasteiger partial charge in [-0.25, -0.2) is 0 Å². The molecular formula is C23H28ClN3O3S. The van der Waals surface area contributed by atoms with Crippen molar-refractivity contribution in [3.63, 3.8) is 0 Å². The topological polar surface area (TPSA) is 92.5 Å². The summed E-state index contributed by atoms with van der Waals surface area (Å²) in [6, 6.07) is 7.32. The van der Waals surface area contributed by atoms with E-state index >= 15 is 0 Å². The number of nitrogens with one attached hydrogen (secondary N) is 1. The summed E-state index contributed by atoms with van der Waals surface area (Å²) < 4.78 is 0. The van der Waals surface area contributed by atoms with E-state index in [2.05, 4.69) is 10.2 Å². The minimum Gasteiger partial charge on any atom is -0.366 e. The summed E-state index contributed by atoms with van der Waals surface area (Å²) in [5, 5.41) is 3.53. The number of ketones is 1. The smallest absolute Gasteiger partial charge is 0.250 e. The van der Waals surface area contributed by atoms with Crippen LogP contribution < -0.4 is 11.1 Å². The lowest BCUT2D eigenvalue weighted by atomic mass is 9.98. The minimum absolute atomic E-state index is 0.0330. The number of nitrogens with zero attached hydrogens (tertiary/aromatic N) is 1. The van der Waals surface area contributed by atoms with Gasteiger partial charge in [0.1, 0.15) is 5.78 Å². The summed E-state index contributed by atoms with van der Waals surface area (Å²) in [5.74, 6) is -0.402. The predicted molar refractivity (Wildman–Crippen MR) is 124 cm³/mol. The van der Waals surface area contributed by atoms with Gasteiger partial charge < -0.3 is 11.1 Å². The molecule has 6 nitrogen and oxygen atoms in total. The van der Waals surface area contributed by atoms with E-state index in [1.807, 2.05) is 26.0 Å². The number of amides is 2. The van der Waals surface area contributed by atoms with Crippen molar-refractivity contribution in [1.82, 2.24) is 10.2 Å². The van der Waals surface area contributed by atoms with Gasteiger partial charge in [-0.3, -0.25) is 19.3 Å². The zero-order valence-electron chi connectivity index (χ0n) is 17.9. The second kappa shape index (κ2) is 10.4. The van der Waals surface area contributed by atoms with Crippen LogP contribution in [0.15, 0.2) is 24.3 Å². The number of nitrogens with two attached hydrogens (primary N) is 1. The molecule has 166 valence electrons. The van der Waals surface area contributed by atoms with Crippen LogP contribution in [0.1, 0.15) is 51.5 Å². The Hall–Kier alpha value is -2.22. The number of primary amides is 1. The highest BCUT2D eigenvalue weighted by atomic mass is 35.5. The molecule has 2 aromatic rings. The molecule has 0 fully saturated rings. The van der Waals surface area contributed by atoms with Crippen molar-refractivity contribution in [2.75, 3.05) is 13.1 Å². The molecule has 0 spiro atoms. The lowest BCUT2D eigenvalue weighted by Crippen LogP contribution is -2.36. The molecule has 3 rings (SSSR count). The third kappa shape index (κ3) is 6.38. The molecule has 2 heterocycles. The number of halogens is 1. The second-order valence-electron chi connectivity index (χ2n) is 8.18. The van der Waals surface area contributed by atoms with Gasteiger partial charge in [-0.15, -0.1) is 11.3 Å². The van der Waals surface area contributed by atoms with Gasteiger partial charge in [-0.05, 0) is 43.5 Å². The molecule has 0 saturated carbocycles. The Labute approximate surface area is 191 Å². The van der Waals surface area contributed by atoms with Crippen LogP contribution in [-0.2, 0) is 35.4 Å². The van der Waals surface area contributed by atoms with Gasteiger partial charge in [0, 0.05) is 59.7 Å². The quantitative estimate of drug-likeness (QED) is 0.600. The first-order valence-electron chi connectivity index (χ1n) is 10.4. The van der Waals surface area contributed by atoms with Gasteiger partial charge in [0.05, 0.1) is 5.56 Å². The van der Waals surface area contributed by atoms with Crippen molar-refractivity contribution in [2.45, 2.75) is 52.1 Å². The standard InChI is InChI=1S/C23H28ClN3O3S/c1-14(2)26-21(29)8-10-27-9-7-18-20(13-27)31-19(22(18)23(25)30)12-17(28)11-15-3-5-16(24)6-4-15/h3-6,14H,7-13H2,1-2H3,(H2,25,30)(H,26,29). The number of fused-ring (bicyclic) bond motifs is 1. The average Bonchev–Trinajstić information content (AvgIpc) is 3.04. The van der Waals surface area contributed by atoms with Crippen molar-refractivity contribution >= 4 is 40.5 Å². The normalized spacial score (nSPS) is 13.8. The highest BCUT2D eigenvalue weighted by Gasteiger charge is 2.27. The monoisotopic (exact) mass is 461 g/mol. The fourth-order valence-corrected chi connectivity index (χ4v) is 5.40. The van der Waals surface area contributed by atoms with Crippen LogP contribution >= 0.6 is 22.9 Å². The molecule has 3 N–H and O–H groups in total. The molecule has 0 radical (unpaired) electrons. The van der Waals surface area contributed by atoms with Gasteiger partial charge in [-0.2, -0.15) is 0 Å². The van der Waals surface area contributed by atoms with E-state index in [0.717, 1.165) is 27.4 Å². The Bertz CT molecular complexity index is 969. The largest absolute Gasteiger partial charge is 0.366 e. The van der Waals surface area contributed by atoms with Crippen LogP contribution in [0.4, 0.5) is 0 Å². The zero-order chi connectivity index (χ0) is 22.5. The summed E-state index contributed by atoms with van der Waals surface area (Å²) in [4.78, 5) is 40.8.